The number of hydrogen-bond donors (Lipinski definition) is 0. The molecule has 0 aliphatic rings. The molecule has 2 rings (SSSR count). The topological polar surface area (TPSA) is 57.0 Å². The Bertz CT molecular complexity index is 683. The van der Waals surface area contributed by atoms with Crippen LogP contribution in [0, 0.1) is 6.92 Å². The summed E-state index contributed by atoms with van der Waals surface area (Å²) >= 11 is 12.1. The molecular weight excluding hydrogens is 313 g/mol. The molecule has 0 radical (unpaired) electrons. The van der Waals surface area contributed by atoms with Gasteiger partial charge in [-0.2, -0.15) is 0 Å². The van der Waals surface area contributed by atoms with E-state index in [1.54, 1.807) is 23.7 Å². The largest absolute Gasteiger partial charge is 0.457 e. The zero-order valence-electron chi connectivity index (χ0n) is 11.3. The first kappa shape index (κ1) is 15.5. The Kier molecular flexibility index (Phi) is 4.98. The van der Waals surface area contributed by atoms with Gasteiger partial charge in [0, 0.05) is 0 Å². The molecule has 0 aliphatic carbocycles. The molecule has 1 aromatic heterocycles. The van der Waals surface area contributed by atoms with Crippen molar-refractivity contribution in [3.8, 4) is 0 Å². The van der Waals surface area contributed by atoms with E-state index >= 15 is 0 Å². The van der Waals surface area contributed by atoms with E-state index in [4.69, 9.17) is 27.9 Å². The highest BCUT2D eigenvalue weighted by atomic mass is 35.5. The van der Waals surface area contributed by atoms with Gasteiger partial charge in [-0.3, -0.25) is 0 Å². The monoisotopic (exact) mass is 325 g/mol. The predicted molar refractivity (Wildman–Crippen MR) is 80.8 cm³/mol. The standard InChI is InChI=1S/C14H13Cl2N3O2/c1-3-7-21-14(20)13-9(2)19(18-17-13)8-10-5-4-6-11(15)12(10)16/h3-6H,1,7-8H2,2H3. The summed E-state index contributed by atoms with van der Waals surface area (Å²) in [4.78, 5) is 11.8. The van der Waals surface area contributed by atoms with Crippen molar-refractivity contribution >= 4 is 29.2 Å². The van der Waals surface area contributed by atoms with Gasteiger partial charge in [-0.1, -0.05) is 53.2 Å². The van der Waals surface area contributed by atoms with Crippen molar-refractivity contribution < 1.29 is 9.53 Å². The summed E-state index contributed by atoms with van der Waals surface area (Å²) in [5, 5.41) is 8.73. The number of aromatic nitrogens is 3. The summed E-state index contributed by atoms with van der Waals surface area (Å²) in [5.41, 5.74) is 1.57. The Labute approximate surface area is 132 Å². The number of carbonyl (C=O) groups is 1. The van der Waals surface area contributed by atoms with Gasteiger partial charge in [0.1, 0.15) is 6.61 Å². The molecular formula is C14H13Cl2N3O2. The van der Waals surface area contributed by atoms with E-state index in [0.29, 0.717) is 22.3 Å². The molecule has 1 aromatic carbocycles. The summed E-state index contributed by atoms with van der Waals surface area (Å²) in [6.45, 7) is 5.72. The van der Waals surface area contributed by atoms with Crippen LogP contribution in [0.3, 0.4) is 0 Å². The Hall–Kier alpha value is -1.85. The van der Waals surface area contributed by atoms with Gasteiger partial charge >= 0.3 is 5.97 Å². The zero-order chi connectivity index (χ0) is 15.4. The molecule has 0 spiro atoms. The van der Waals surface area contributed by atoms with Gasteiger partial charge in [0.25, 0.3) is 0 Å². The Morgan fingerprint density at radius 2 is 2.24 bits per heavy atom. The van der Waals surface area contributed by atoms with E-state index in [2.05, 4.69) is 16.9 Å². The molecule has 0 atom stereocenters. The van der Waals surface area contributed by atoms with Gasteiger partial charge in [0.15, 0.2) is 5.69 Å². The highest BCUT2D eigenvalue weighted by Gasteiger charge is 2.18. The minimum absolute atomic E-state index is 0.130. The lowest BCUT2D eigenvalue weighted by atomic mass is 10.2. The van der Waals surface area contributed by atoms with Crippen LogP contribution in [0.4, 0.5) is 0 Å². The number of ether oxygens (including phenoxy) is 1. The second-order valence-electron chi connectivity index (χ2n) is 4.28. The summed E-state index contributed by atoms with van der Waals surface area (Å²) in [7, 11) is 0. The fraction of sp³-hybridized carbons (Fsp3) is 0.214. The highest BCUT2D eigenvalue weighted by Crippen LogP contribution is 2.26. The van der Waals surface area contributed by atoms with Crippen LogP contribution in [-0.4, -0.2) is 27.6 Å². The van der Waals surface area contributed by atoms with E-state index in [0.717, 1.165) is 5.56 Å². The van der Waals surface area contributed by atoms with Crippen molar-refractivity contribution in [2.75, 3.05) is 6.61 Å². The van der Waals surface area contributed by atoms with Crippen molar-refractivity contribution in [1.29, 1.82) is 0 Å². The van der Waals surface area contributed by atoms with Gasteiger partial charge < -0.3 is 4.74 Å². The Balaban J connectivity index is 2.22. The molecule has 1 heterocycles. The van der Waals surface area contributed by atoms with E-state index in [-0.39, 0.29) is 12.3 Å². The third-order valence-corrected chi connectivity index (χ3v) is 3.72. The smallest absolute Gasteiger partial charge is 0.361 e. The Morgan fingerprint density at radius 3 is 2.95 bits per heavy atom. The molecule has 2 aromatic rings. The van der Waals surface area contributed by atoms with Crippen LogP contribution in [0.1, 0.15) is 21.7 Å². The molecule has 0 bridgehead atoms. The number of benzene rings is 1. The van der Waals surface area contributed by atoms with Crippen molar-refractivity contribution in [2.45, 2.75) is 13.5 Å². The normalized spacial score (nSPS) is 10.4. The molecule has 0 N–H and O–H groups in total. The zero-order valence-corrected chi connectivity index (χ0v) is 12.9. The lowest BCUT2D eigenvalue weighted by molar-refractivity contribution is 0.0542. The summed E-state index contributed by atoms with van der Waals surface area (Å²) < 4.78 is 6.52. The number of esters is 1. The molecule has 21 heavy (non-hydrogen) atoms. The molecule has 0 amide bonds. The first-order valence-corrected chi connectivity index (χ1v) is 6.91. The average Bonchev–Trinajstić information content (AvgIpc) is 2.83. The van der Waals surface area contributed by atoms with E-state index in [1.165, 1.54) is 6.08 Å². The summed E-state index contributed by atoms with van der Waals surface area (Å²) in [5.74, 6) is -0.532. The molecule has 0 unspecified atom stereocenters. The molecule has 5 nitrogen and oxygen atoms in total. The van der Waals surface area contributed by atoms with Crippen LogP contribution in [0.15, 0.2) is 30.9 Å². The van der Waals surface area contributed by atoms with Crippen molar-refractivity contribution in [3.05, 3.63) is 57.9 Å². The van der Waals surface area contributed by atoms with Crippen LogP contribution in [-0.2, 0) is 11.3 Å². The second kappa shape index (κ2) is 6.74. The molecule has 7 heteroatoms. The molecule has 110 valence electrons. The first-order chi connectivity index (χ1) is 10.0. The van der Waals surface area contributed by atoms with Crippen molar-refractivity contribution in [2.24, 2.45) is 0 Å². The molecule has 0 saturated heterocycles. The second-order valence-corrected chi connectivity index (χ2v) is 5.07. The first-order valence-electron chi connectivity index (χ1n) is 6.15. The van der Waals surface area contributed by atoms with Crippen molar-refractivity contribution in [1.82, 2.24) is 15.0 Å². The number of hydrogen-bond acceptors (Lipinski definition) is 4. The van der Waals surface area contributed by atoms with Gasteiger partial charge in [0.2, 0.25) is 0 Å². The maximum atomic E-state index is 11.8. The maximum absolute atomic E-state index is 11.8. The van der Waals surface area contributed by atoms with E-state index in [1.807, 2.05) is 6.07 Å². The van der Waals surface area contributed by atoms with Crippen LogP contribution in [0.5, 0.6) is 0 Å². The lowest BCUT2D eigenvalue weighted by Crippen LogP contribution is -2.09. The molecule has 0 fully saturated rings. The van der Waals surface area contributed by atoms with Crippen LogP contribution < -0.4 is 0 Å². The Morgan fingerprint density at radius 1 is 1.48 bits per heavy atom. The van der Waals surface area contributed by atoms with Gasteiger partial charge in [-0.25, -0.2) is 9.48 Å². The van der Waals surface area contributed by atoms with Crippen LogP contribution >= 0.6 is 23.2 Å². The number of nitrogens with zero attached hydrogens (tertiary/aromatic N) is 3. The summed E-state index contributed by atoms with van der Waals surface area (Å²) in [6.07, 6.45) is 1.49. The fourth-order valence-electron chi connectivity index (χ4n) is 1.73. The van der Waals surface area contributed by atoms with Gasteiger partial charge in [-0.05, 0) is 18.6 Å². The molecule has 0 saturated carbocycles. The number of rotatable bonds is 5. The quantitative estimate of drug-likeness (QED) is 0.625. The SMILES string of the molecule is C=CCOC(=O)c1nnn(Cc2cccc(Cl)c2Cl)c1C. The van der Waals surface area contributed by atoms with Crippen LogP contribution in [0.25, 0.3) is 0 Å². The van der Waals surface area contributed by atoms with Crippen molar-refractivity contribution in [3.63, 3.8) is 0 Å². The fourth-order valence-corrected chi connectivity index (χ4v) is 2.11. The van der Waals surface area contributed by atoms with Crippen LogP contribution in [0.2, 0.25) is 10.0 Å². The number of halogens is 2. The number of carbonyl (C=O) groups excluding carboxylic acids is 1. The lowest BCUT2D eigenvalue weighted by Gasteiger charge is -2.07. The average molecular weight is 326 g/mol. The maximum Gasteiger partial charge on any atom is 0.361 e. The van der Waals surface area contributed by atoms with Gasteiger partial charge in [0.05, 0.1) is 22.3 Å². The van der Waals surface area contributed by atoms with Gasteiger partial charge in [-0.15, -0.1) is 5.10 Å². The minimum atomic E-state index is -0.532. The predicted octanol–water partition coefficient (Wildman–Crippen LogP) is 3.28. The minimum Gasteiger partial charge on any atom is -0.457 e. The third-order valence-electron chi connectivity index (χ3n) is 2.86. The summed E-state index contributed by atoms with van der Waals surface area (Å²) in [6, 6.07) is 5.35. The van der Waals surface area contributed by atoms with E-state index < -0.39 is 5.97 Å². The molecule has 0 aliphatic heterocycles. The third kappa shape index (κ3) is 3.43. The van der Waals surface area contributed by atoms with E-state index in [9.17, 15) is 4.79 Å². The highest BCUT2D eigenvalue weighted by molar-refractivity contribution is 6.42.